The second-order valence-electron chi connectivity index (χ2n) is 10.2. The van der Waals surface area contributed by atoms with Crippen molar-refractivity contribution in [3.8, 4) is 0 Å². The van der Waals surface area contributed by atoms with Crippen LogP contribution in [0, 0.1) is 11.8 Å². The summed E-state index contributed by atoms with van der Waals surface area (Å²) >= 11 is 0. The number of benzene rings is 1. The normalized spacial score (nSPS) is 31.8. The number of esters is 1. The van der Waals surface area contributed by atoms with Crippen LogP contribution in [-0.4, -0.2) is 84.9 Å². The number of β-amino-alcohol motifs (C(OH)–C–C–N with tert-alkyl or cyclic N) is 1. The van der Waals surface area contributed by atoms with E-state index in [1.165, 1.54) is 4.90 Å². The fourth-order valence-corrected chi connectivity index (χ4v) is 6.43. The summed E-state index contributed by atoms with van der Waals surface area (Å²) in [7, 11) is 0. The molecule has 1 aromatic rings. The number of carbonyl (C=O) groups excluding carboxylic acids is 3. The second kappa shape index (κ2) is 10.9. The van der Waals surface area contributed by atoms with Gasteiger partial charge in [-0.3, -0.25) is 14.4 Å². The Balaban J connectivity index is 1.53. The first kappa shape index (κ1) is 26.4. The lowest BCUT2D eigenvalue weighted by atomic mass is 9.78. The van der Waals surface area contributed by atoms with Crippen LogP contribution in [0.3, 0.4) is 0 Å². The Morgan fingerprint density at radius 3 is 2.53 bits per heavy atom. The third-order valence-corrected chi connectivity index (χ3v) is 8.23. The molecule has 2 fully saturated rings. The molecule has 0 aromatic heterocycles. The minimum atomic E-state index is -1.33. The Morgan fingerprint density at radius 1 is 1.05 bits per heavy atom. The number of aliphatic hydroxyl groups excluding tert-OH is 1. The predicted octanol–water partition coefficient (Wildman–Crippen LogP) is 2.29. The van der Waals surface area contributed by atoms with Crippen molar-refractivity contribution in [2.45, 2.75) is 50.9 Å². The fourth-order valence-electron chi connectivity index (χ4n) is 6.43. The molecule has 4 heterocycles. The van der Waals surface area contributed by atoms with E-state index in [1.807, 2.05) is 42.5 Å². The van der Waals surface area contributed by atoms with E-state index in [2.05, 4.69) is 18.7 Å². The number of hydrogen-bond donors (Lipinski definition) is 1. The van der Waals surface area contributed by atoms with Crippen LogP contribution in [0.4, 0.5) is 11.4 Å². The van der Waals surface area contributed by atoms with Crippen molar-refractivity contribution in [1.29, 1.82) is 0 Å². The molecule has 2 amide bonds. The number of allylic oxidation sites excluding steroid dienone is 1. The molecule has 2 saturated heterocycles. The average molecular weight is 524 g/mol. The van der Waals surface area contributed by atoms with Crippen LogP contribution in [0.5, 0.6) is 0 Å². The number of likely N-dealkylation sites (tertiary alicyclic amines) is 1. The molecule has 4 aliphatic heterocycles. The molecule has 0 radical (unpaired) electrons. The number of cyclic esters (lactones) is 1. The molecule has 5 atom stereocenters. The van der Waals surface area contributed by atoms with Crippen LogP contribution in [0.1, 0.15) is 33.1 Å². The Morgan fingerprint density at radius 2 is 1.82 bits per heavy atom. The third-order valence-electron chi connectivity index (χ3n) is 8.23. The Labute approximate surface area is 223 Å². The third kappa shape index (κ3) is 4.31. The molecule has 4 aliphatic rings. The summed E-state index contributed by atoms with van der Waals surface area (Å²) < 4.78 is 12.1. The number of anilines is 2. The van der Waals surface area contributed by atoms with Crippen LogP contribution in [0.2, 0.25) is 0 Å². The lowest BCUT2D eigenvalue weighted by Crippen LogP contribution is -2.55. The molecule has 1 aromatic carbocycles. The van der Waals surface area contributed by atoms with Crippen molar-refractivity contribution in [3.63, 3.8) is 0 Å². The molecule has 38 heavy (non-hydrogen) atoms. The van der Waals surface area contributed by atoms with E-state index in [4.69, 9.17) is 9.47 Å². The topological polar surface area (TPSA) is 99.6 Å². The maximum Gasteiger partial charge on any atom is 0.312 e. The molecule has 0 saturated carbocycles. The first-order chi connectivity index (χ1) is 18.5. The Kier molecular flexibility index (Phi) is 7.59. The molecule has 1 N–H and O–H groups in total. The summed E-state index contributed by atoms with van der Waals surface area (Å²) in [6, 6.07) is 6.81. The molecule has 1 spiro atoms. The molecule has 1 unspecified atom stereocenters. The van der Waals surface area contributed by atoms with Crippen molar-refractivity contribution in [1.82, 2.24) is 4.90 Å². The number of ether oxygens (including phenoxy) is 2. The van der Waals surface area contributed by atoms with E-state index in [0.29, 0.717) is 18.8 Å². The van der Waals surface area contributed by atoms with Crippen molar-refractivity contribution >= 4 is 29.2 Å². The lowest BCUT2D eigenvalue weighted by molar-refractivity contribution is -0.154. The summed E-state index contributed by atoms with van der Waals surface area (Å²) in [5, 5.41) is 9.81. The van der Waals surface area contributed by atoms with Gasteiger partial charge in [0.05, 0.1) is 25.2 Å². The van der Waals surface area contributed by atoms with Gasteiger partial charge >= 0.3 is 5.97 Å². The van der Waals surface area contributed by atoms with E-state index in [0.717, 1.165) is 38.0 Å². The van der Waals surface area contributed by atoms with E-state index in [1.54, 1.807) is 11.0 Å². The van der Waals surface area contributed by atoms with Gasteiger partial charge in [0.2, 0.25) is 5.91 Å². The maximum absolute atomic E-state index is 14.2. The van der Waals surface area contributed by atoms with Crippen molar-refractivity contribution < 1.29 is 29.0 Å². The first-order valence-electron chi connectivity index (χ1n) is 13.7. The molecule has 204 valence electrons. The van der Waals surface area contributed by atoms with Gasteiger partial charge in [-0.15, -0.1) is 0 Å². The number of fused-ring (bicyclic) bond motifs is 2. The number of nitrogens with zero attached hydrogens (tertiary/aromatic N) is 3. The maximum atomic E-state index is 14.2. The lowest BCUT2D eigenvalue weighted by Gasteiger charge is -2.35. The quantitative estimate of drug-likeness (QED) is 0.451. The van der Waals surface area contributed by atoms with Gasteiger partial charge in [-0.2, -0.15) is 0 Å². The zero-order chi connectivity index (χ0) is 26.9. The molecule has 9 heteroatoms. The standard InChI is InChI=1S/C29H37N3O6/c1-3-30(4-2)20-11-13-21(14-12-20)31-16-9-15-29-24(26(34)32(17-18-33)25(29)27(31)35)23-22(38-29)10-7-5-6-8-19-37-28(23)36/h7,9-15,22-25,33H,3-6,8,16-19H2,1-2H3/b10-7-/t22-,23+,24-,25?,29-/m0/s1. The molecule has 5 rings (SSSR count). The van der Waals surface area contributed by atoms with Gasteiger partial charge in [0.1, 0.15) is 17.6 Å². The van der Waals surface area contributed by atoms with E-state index >= 15 is 0 Å². The molecular weight excluding hydrogens is 486 g/mol. The monoisotopic (exact) mass is 523 g/mol. The van der Waals surface area contributed by atoms with Gasteiger partial charge in [-0.1, -0.05) is 24.3 Å². The van der Waals surface area contributed by atoms with Gasteiger partial charge in [0.15, 0.2) is 0 Å². The smallest absolute Gasteiger partial charge is 0.312 e. The van der Waals surface area contributed by atoms with Gasteiger partial charge in [-0.05, 0) is 57.4 Å². The van der Waals surface area contributed by atoms with E-state index in [9.17, 15) is 19.5 Å². The second-order valence-corrected chi connectivity index (χ2v) is 10.2. The number of aliphatic hydroxyl groups is 1. The van der Waals surface area contributed by atoms with Crippen molar-refractivity contribution in [3.05, 3.63) is 48.6 Å². The summed E-state index contributed by atoms with van der Waals surface area (Å²) in [4.78, 5) is 46.6. The zero-order valence-corrected chi connectivity index (χ0v) is 22.1. The summed E-state index contributed by atoms with van der Waals surface area (Å²) in [5.41, 5.74) is 0.452. The molecular formula is C29H37N3O6. The van der Waals surface area contributed by atoms with Crippen LogP contribution in [0.25, 0.3) is 0 Å². The highest BCUT2D eigenvalue weighted by Crippen LogP contribution is 2.53. The molecule has 9 nitrogen and oxygen atoms in total. The van der Waals surface area contributed by atoms with Crippen LogP contribution >= 0.6 is 0 Å². The van der Waals surface area contributed by atoms with Crippen molar-refractivity contribution in [2.24, 2.45) is 11.8 Å². The van der Waals surface area contributed by atoms with Gasteiger partial charge in [-0.25, -0.2) is 0 Å². The summed E-state index contributed by atoms with van der Waals surface area (Å²) in [6.07, 6.45) is 9.27. The largest absolute Gasteiger partial charge is 0.465 e. The zero-order valence-electron chi connectivity index (χ0n) is 22.1. The van der Waals surface area contributed by atoms with Crippen LogP contribution < -0.4 is 9.80 Å². The van der Waals surface area contributed by atoms with Gasteiger partial charge in [0.25, 0.3) is 5.91 Å². The average Bonchev–Trinajstić information content (AvgIpc) is 3.30. The summed E-state index contributed by atoms with van der Waals surface area (Å²) in [6.45, 7) is 6.21. The first-order valence-corrected chi connectivity index (χ1v) is 13.7. The number of amides is 2. The summed E-state index contributed by atoms with van der Waals surface area (Å²) in [5.74, 6) is -2.91. The minimum absolute atomic E-state index is 0.0261. The highest BCUT2D eigenvalue weighted by Gasteiger charge is 2.71. The number of carbonyl (C=O) groups is 3. The number of rotatable bonds is 6. The highest BCUT2D eigenvalue weighted by atomic mass is 16.6. The molecule has 0 aliphatic carbocycles. The molecule has 0 bridgehead atoms. The Bertz CT molecular complexity index is 1110. The van der Waals surface area contributed by atoms with E-state index < -0.39 is 35.6 Å². The van der Waals surface area contributed by atoms with Gasteiger partial charge < -0.3 is 29.3 Å². The van der Waals surface area contributed by atoms with Crippen LogP contribution in [0.15, 0.2) is 48.6 Å². The minimum Gasteiger partial charge on any atom is -0.465 e. The number of hydrogen-bond acceptors (Lipinski definition) is 7. The highest BCUT2D eigenvalue weighted by molar-refractivity contribution is 6.05. The van der Waals surface area contributed by atoms with E-state index in [-0.39, 0.29) is 25.0 Å². The van der Waals surface area contributed by atoms with Crippen LogP contribution in [-0.2, 0) is 23.9 Å². The SMILES string of the molecule is CCN(CC)c1ccc(N2CC=C[C@]34O[C@H]5/C=C\CCCCOC(=O)[C@H]5[C@H]3C(=O)N(CCO)C4C2=O)cc1. The fraction of sp³-hybridized carbons (Fsp3) is 0.552. The van der Waals surface area contributed by atoms with Crippen molar-refractivity contribution in [2.75, 3.05) is 49.2 Å². The predicted molar refractivity (Wildman–Crippen MR) is 143 cm³/mol. The van der Waals surface area contributed by atoms with Gasteiger partial charge in [0, 0.05) is 37.6 Å². The Hall–Kier alpha value is -3.17.